The van der Waals surface area contributed by atoms with Gasteiger partial charge in [0.25, 0.3) is 0 Å². The minimum atomic E-state index is -1.62. The Hall–Kier alpha value is -1.63. The smallest absolute Gasteiger partial charge is 0.249 e. The van der Waals surface area contributed by atoms with E-state index in [1.807, 2.05) is 6.08 Å². The number of allylic oxidation sites excluding steroid dienone is 5. The van der Waals surface area contributed by atoms with Crippen LogP contribution in [0.4, 0.5) is 0 Å². The number of rotatable bonds is 37. The van der Waals surface area contributed by atoms with Crippen molar-refractivity contribution in [1.29, 1.82) is 0 Å². The number of amides is 1. The lowest BCUT2D eigenvalue weighted by atomic mass is 9.99. The van der Waals surface area contributed by atoms with Gasteiger partial charge in [-0.2, -0.15) is 0 Å². The number of nitrogens with one attached hydrogen (secondary N) is 1. The molecule has 0 bridgehead atoms. The lowest BCUT2D eigenvalue weighted by Crippen LogP contribution is -2.60. The first-order valence-corrected chi connectivity index (χ1v) is 23.2. The number of carbonyl (C=O) groups excluding carboxylic acids is 1. The highest BCUT2D eigenvalue weighted by Crippen LogP contribution is 2.23. The molecule has 10 nitrogen and oxygen atoms in total. The third-order valence-corrected chi connectivity index (χ3v) is 11.2. The van der Waals surface area contributed by atoms with Crippen LogP contribution in [0.2, 0.25) is 0 Å². The molecule has 0 radical (unpaired) electrons. The first-order chi connectivity index (χ1) is 27.7. The molecule has 7 N–H and O–H groups in total. The first kappa shape index (κ1) is 53.4. The lowest BCUT2D eigenvalue weighted by Gasteiger charge is -2.40. The number of aliphatic hydroxyl groups excluding tert-OH is 6. The largest absolute Gasteiger partial charge is 0.394 e. The average Bonchev–Trinajstić information content (AvgIpc) is 3.20. The van der Waals surface area contributed by atoms with E-state index < -0.39 is 61.5 Å². The molecule has 0 aliphatic carbocycles. The molecule has 1 aliphatic rings. The quantitative estimate of drug-likeness (QED) is 0.0185. The predicted octanol–water partition coefficient (Wildman–Crippen LogP) is 8.64. The molecule has 0 unspecified atom stereocenters. The van der Waals surface area contributed by atoms with E-state index >= 15 is 0 Å². The van der Waals surface area contributed by atoms with E-state index in [1.165, 1.54) is 128 Å². The Labute approximate surface area is 347 Å². The van der Waals surface area contributed by atoms with Crippen molar-refractivity contribution >= 4 is 5.91 Å². The van der Waals surface area contributed by atoms with Gasteiger partial charge in [0, 0.05) is 0 Å². The van der Waals surface area contributed by atoms with E-state index in [-0.39, 0.29) is 6.61 Å². The van der Waals surface area contributed by atoms with Crippen LogP contribution in [0.5, 0.6) is 0 Å². The molecule has 1 fully saturated rings. The van der Waals surface area contributed by atoms with Crippen molar-refractivity contribution in [2.24, 2.45) is 0 Å². The van der Waals surface area contributed by atoms with Crippen LogP contribution in [-0.4, -0.2) is 98.7 Å². The zero-order valence-corrected chi connectivity index (χ0v) is 36.4. The van der Waals surface area contributed by atoms with E-state index in [1.54, 1.807) is 6.08 Å². The monoisotopic (exact) mass is 810 g/mol. The fraction of sp³-hybridized carbons (Fsp3) is 0.851. The Morgan fingerprint density at radius 2 is 1.18 bits per heavy atom. The summed E-state index contributed by atoms with van der Waals surface area (Å²) in [5.41, 5.74) is 1.18. The number of hydrogen-bond acceptors (Lipinski definition) is 9. The van der Waals surface area contributed by atoms with Crippen molar-refractivity contribution in [2.45, 2.75) is 243 Å². The Morgan fingerprint density at radius 1 is 0.667 bits per heavy atom. The van der Waals surface area contributed by atoms with Crippen LogP contribution in [0.1, 0.15) is 194 Å². The minimum absolute atomic E-state index is 0.301. The number of carbonyl (C=O) groups is 1. The highest BCUT2D eigenvalue weighted by atomic mass is 16.7. The minimum Gasteiger partial charge on any atom is -0.394 e. The summed E-state index contributed by atoms with van der Waals surface area (Å²) in [6.07, 6.45) is 32.0. The maximum atomic E-state index is 13.1. The lowest BCUT2D eigenvalue weighted by molar-refractivity contribution is -0.302. The van der Waals surface area contributed by atoms with Crippen LogP contribution in [0, 0.1) is 0 Å². The molecule has 334 valence electrons. The summed E-state index contributed by atoms with van der Waals surface area (Å²) in [6, 6.07) is -1.01. The second-order valence-electron chi connectivity index (χ2n) is 16.5. The fourth-order valence-corrected chi connectivity index (χ4v) is 7.26. The molecular weight excluding hydrogens is 723 g/mol. The molecule has 10 heteroatoms. The molecule has 0 aromatic rings. The summed E-state index contributed by atoms with van der Waals surface area (Å²) < 4.78 is 11.1. The number of ether oxygens (including phenoxy) is 2. The normalized spacial score (nSPS) is 22.1. The Balaban J connectivity index is 2.47. The maximum Gasteiger partial charge on any atom is 0.249 e. The van der Waals surface area contributed by atoms with Gasteiger partial charge in [-0.05, 0) is 39.0 Å². The van der Waals surface area contributed by atoms with Gasteiger partial charge in [0.15, 0.2) is 6.29 Å². The van der Waals surface area contributed by atoms with E-state index in [0.717, 1.165) is 32.1 Å². The van der Waals surface area contributed by atoms with E-state index in [9.17, 15) is 35.4 Å². The summed E-state index contributed by atoms with van der Waals surface area (Å²) in [5.74, 6) is -0.632. The Bertz CT molecular complexity index is 1030. The van der Waals surface area contributed by atoms with Crippen LogP contribution >= 0.6 is 0 Å². The number of hydrogen-bond donors (Lipinski definition) is 7. The van der Waals surface area contributed by atoms with Gasteiger partial charge in [0.05, 0.1) is 25.4 Å². The number of unbranched alkanes of at least 4 members (excludes halogenated alkanes) is 23. The average molecular weight is 810 g/mol. The second kappa shape index (κ2) is 36.2. The zero-order chi connectivity index (χ0) is 41.9. The van der Waals surface area contributed by atoms with Gasteiger partial charge >= 0.3 is 0 Å². The van der Waals surface area contributed by atoms with Gasteiger partial charge < -0.3 is 45.4 Å². The van der Waals surface area contributed by atoms with Gasteiger partial charge in [-0.1, -0.05) is 191 Å². The molecule has 1 rings (SSSR count). The van der Waals surface area contributed by atoms with Gasteiger partial charge in [-0.3, -0.25) is 4.79 Å². The Morgan fingerprint density at radius 3 is 1.70 bits per heavy atom. The van der Waals surface area contributed by atoms with Crippen LogP contribution in [0.25, 0.3) is 0 Å². The van der Waals surface area contributed by atoms with E-state index in [4.69, 9.17) is 9.47 Å². The molecule has 0 aromatic heterocycles. The standard InChI is InChI=1S/C47H87NO9/c1-4-6-8-10-12-13-14-15-16-17-18-19-20-21-22-24-26-30-35-41(51)46(55)48-39(37-56-47-45(54)44(53)43(52)42(36-49)57-47)40(50)34-31-27-29-33-38(3)32-28-25-23-11-9-7-5-2/h28,31-34,39-45,47,49-54H,4-27,29-30,35-37H2,1-3H3,(H,48,55)/b32-28+,34-31+,38-33+/t39-,40+,41+,42+,43+,44-,45+,47+/m0/s1. The van der Waals surface area contributed by atoms with Crippen molar-refractivity contribution in [3.8, 4) is 0 Å². The van der Waals surface area contributed by atoms with Gasteiger partial charge in [-0.15, -0.1) is 0 Å². The number of aliphatic hydroxyl groups is 6. The van der Waals surface area contributed by atoms with Crippen LogP contribution in [0.3, 0.4) is 0 Å². The molecule has 1 amide bonds. The van der Waals surface area contributed by atoms with Crippen molar-refractivity contribution < 1.29 is 44.9 Å². The third-order valence-electron chi connectivity index (χ3n) is 11.2. The van der Waals surface area contributed by atoms with Crippen LogP contribution in [-0.2, 0) is 14.3 Å². The second-order valence-corrected chi connectivity index (χ2v) is 16.5. The van der Waals surface area contributed by atoms with Crippen molar-refractivity contribution in [3.63, 3.8) is 0 Å². The molecular formula is C47H87NO9. The topological polar surface area (TPSA) is 169 Å². The molecule has 0 saturated carbocycles. The Kier molecular flexibility index (Phi) is 33.9. The highest BCUT2D eigenvalue weighted by molar-refractivity contribution is 5.80. The predicted molar refractivity (Wildman–Crippen MR) is 232 cm³/mol. The first-order valence-electron chi connectivity index (χ1n) is 23.2. The van der Waals surface area contributed by atoms with Crippen molar-refractivity contribution in [2.75, 3.05) is 13.2 Å². The van der Waals surface area contributed by atoms with Crippen molar-refractivity contribution in [1.82, 2.24) is 5.32 Å². The SMILES string of the molecule is CCCCCCC/C=C/C(C)=C/CC/C=C/[C@@H](O)[C@H](CO[C@@H]1O[C@H](CO)[C@@H](O)[C@H](O)[C@H]1O)NC(=O)[C@H](O)CCCCCCCCCCCCCCCCCCCC. The molecule has 0 spiro atoms. The molecule has 8 atom stereocenters. The summed E-state index contributed by atoms with van der Waals surface area (Å²) in [4.78, 5) is 13.1. The zero-order valence-electron chi connectivity index (χ0n) is 36.4. The molecule has 1 saturated heterocycles. The van der Waals surface area contributed by atoms with Crippen molar-refractivity contribution in [3.05, 3.63) is 36.0 Å². The molecule has 1 aliphatic heterocycles. The van der Waals surface area contributed by atoms with Crippen LogP contribution in [0.15, 0.2) is 36.0 Å². The third kappa shape index (κ3) is 27.0. The molecule has 1 heterocycles. The highest BCUT2D eigenvalue weighted by Gasteiger charge is 2.44. The summed E-state index contributed by atoms with van der Waals surface area (Å²) >= 11 is 0. The van der Waals surface area contributed by atoms with Crippen LogP contribution < -0.4 is 5.32 Å². The maximum absolute atomic E-state index is 13.1. The van der Waals surface area contributed by atoms with Gasteiger partial charge in [-0.25, -0.2) is 0 Å². The van der Waals surface area contributed by atoms with Gasteiger partial charge in [0.1, 0.15) is 30.5 Å². The summed E-state index contributed by atoms with van der Waals surface area (Å²) in [7, 11) is 0. The molecule has 57 heavy (non-hydrogen) atoms. The van der Waals surface area contributed by atoms with E-state index in [0.29, 0.717) is 19.3 Å². The summed E-state index contributed by atoms with van der Waals surface area (Å²) in [5, 5.41) is 64.7. The van der Waals surface area contributed by atoms with Gasteiger partial charge in [0.2, 0.25) is 5.91 Å². The molecule has 0 aromatic carbocycles. The summed E-state index contributed by atoms with van der Waals surface area (Å²) in [6.45, 7) is 5.62. The fourth-order valence-electron chi connectivity index (χ4n) is 7.26. The van der Waals surface area contributed by atoms with E-state index in [2.05, 4.69) is 44.3 Å².